The van der Waals surface area contributed by atoms with Gasteiger partial charge < -0.3 is 9.47 Å². The first-order valence-electron chi connectivity index (χ1n) is 8.13. The van der Waals surface area contributed by atoms with Crippen LogP contribution in [0.5, 0.6) is 0 Å². The van der Waals surface area contributed by atoms with E-state index in [2.05, 4.69) is 15.0 Å². The Hall–Kier alpha value is -2.16. The lowest BCUT2D eigenvalue weighted by atomic mass is 9.97. The van der Waals surface area contributed by atoms with Crippen LogP contribution in [0.4, 0.5) is 0 Å². The van der Waals surface area contributed by atoms with Crippen LogP contribution in [0.1, 0.15) is 41.5 Å². The highest BCUT2D eigenvalue weighted by atomic mass is 32.2. The lowest BCUT2D eigenvalue weighted by Gasteiger charge is -2.16. The zero-order valence-corrected chi connectivity index (χ0v) is 16.7. The van der Waals surface area contributed by atoms with Crippen LogP contribution >= 0.6 is 11.8 Å². The minimum atomic E-state index is -0.580. The van der Waals surface area contributed by atoms with E-state index >= 15 is 0 Å². The average Bonchev–Trinajstić information content (AvgIpc) is 2.94. The minimum Gasteiger partial charge on any atom is -0.454 e. The predicted octanol–water partition coefficient (Wildman–Crippen LogP) is 3.01. The molecule has 0 radical (unpaired) electrons. The second-order valence-electron chi connectivity index (χ2n) is 7.82. The maximum Gasteiger partial charge on any atom is 0.312 e. The SMILES string of the molecule is CC(C)(C)C(=O)OCSc1ncnc2c1ncn2COC(=O)C(C)(C)C. The van der Waals surface area contributed by atoms with Crippen LogP contribution in [0.3, 0.4) is 0 Å². The molecule has 2 aromatic heterocycles. The van der Waals surface area contributed by atoms with Gasteiger partial charge in [-0.3, -0.25) is 14.2 Å². The highest BCUT2D eigenvalue weighted by Gasteiger charge is 2.24. The van der Waals surface area contributed by atoms with Crippen molar-refractivity contribution in [1.82, 2.24) is 19.5 Å². The van der Waals surface area contributed by atoms with Crippen LogP contribution < -0.4 is 0 Å². The molecule has 0 aliphatic rings. The number of nitrogens with zero attached hydrogens (tertiary/aromatic N) is 4. The predicted molar refractivity (Wildman–Crippen MR) is 97.1 cm³/mol. The molecule has 8 nitrogen and oxygen atoms in total. The van der Waals surface area contributed by atoms with Gasteiger partial charge in [0, 0.05) is 0 Å². The number of hydrogen-bond acceptors (Lipinski definition) is 8. The standard InChI is InChI=1S/C17H24N4O4S/c1-16(2,3)14(22)24-9-21-8-20-11-12(21)18-7-19-13(11)26-10-25-15(23)17(4,5)6/h7-8H,9-10H2,1-6H3. The topological polar surface area (TPSA) is 96.2 Å². The number of thioether (sulfide) groups is 1. The van der Waals surface area contributed by atoms with Crippen LogP contribution in [0.25, 0.3) is 11.2 Å². The van der Waals surface area contributed by atoms with Gasteiger partial charge in [0.05, 0.1) is 17.2 Å². The molecule has 0 unspecified atom stereocenters. The molecule has 0 saturated carbocycles. The molecular formula is C17H24N4O4S. The molecule has 0 fully saturated rings. The lowest BCUT2D eigenvalue weighted by molar-refractivity contribution is -0.156. The van der Waals surface area contributed by atoms with Gasteiger partial charge in [-0.25, -0.2) is 15.0 Å². The molecule has 0 spiro atoms. The maximum atomic E-state index is 11.9. The van der Waals surface area contributed by atoms with E-state index in [0.717, 1.165) is 0 Å². The third-order valence-electron chi connectivity index (χ3n) is 3.31. The summed E-state index contributed by atoms with van der Waals surface area (Å²) in [5, 5.41) is 0.595. The summed E-state index contributed by atoms with van der Waals surface area (Å²) in [5.41, 5.74) is -0.0221. The summed E-state index contributed by atoms with van der Waals surface area (Å²) in [5.74, 6) is -0.458. The Morgan fingerprint density at radius 1 is 1.00 bits per heavy atom. The molecule has 9 heteroatoms. The van der Waals surface area contributed by atoms with Gasteiger partial charge in [-0.2, -0.15) is 0 Å². The van der Waals surface area contributed by atoms with Crippen molar-refractivity contribution in [2.24, 2.45) is 10.8 Å². The molecule has 0 aliphatic heterocycles. The first-order chi connectivity index (χ1) is 12.0. The summed E-state index contributed by atoms with van der Waals surface area (Å²) in [7, 11) is 0. The molecule has 0 N–H and O–H groups in total. The van der Waals surface area contributed by atoms with Crippen molar-refractivity contribution in [2.75, 3.05) is 5.94 Å². The quantitative estimate of drug-likeness (QED) is 0.338. The van der Waals surface area contributed by atoms with Crippen LogP contribution in [0, 0.1) is 10.8 Å². The molecular weight excluding hydrogens is 356 g/mol. The van der Waals surface area contributed by atoms with Crippen molar-refractivity contribution in [3.8, 4) is 0 Å². The second kappa shape index (κ2) is 7.61. The monoisotopic (exact) mass is 380 g/mol. The number of carbonyl (C=O) groups is 2. The molecule has 0 aromatic carbocycles. The smallest absolute Gasteiger partial charge is 0.312 e. The fourth-order valence-electron chi connectivity index (χ4n) is 1.76. The molecule has 2 heterocycles. The molecule has 0 amide bonds. The number of ether oxygens (including phenoxy) is 2. The van der Waals surface area contributed by atoms with Crippen molar-refractivity contribution < 1.29 is 19.1 Å². The summed E-state index contributed by atoms with van der Waals surface area (Å²) in [6.07, 6.45) is 2.94. The van der Waals surface area contributed by atoms with E-state index in [4.69, 9.17) is 9.47 Å². The van der Waals surface area contributed by atoms with E-state index in [1.54, 1.807) is 52.4 Å². The molecule has 2 rings (SSSR count). The number of esters is 2. The van der Waals surface area contributed by atoms with Crippen LogP contribution in [0.2, 0.25) is 0 Å². The van der Waals surface area contributed by atoms with Crippen LogP contribution in [0.15, 0.2) is 17.7 Å². The first-order valence-corrected chi connectivity index (χ1v) is 9.12. The van der Waals surface area contributed by atoms with Gasteiger partial charge in [0.25, 0.3) is 0 Å². The van der Waals surface area contributed by atoms with Crippen molar-refractivity contribution >= 4 is 34.9 Å². The number of fused-ring (bicyclic) bond motifs is 1. The summed E-state index contributed by atoms with van der Waals surface area (Å²) in [6, 6.07) is 0. The van der Waals surface area contributed by atoms with Crippen molar-refractivity contribution in [2.45, 2.75) is 53.3 Å². The molecule has 142 valence electrons. The van der Waals surface area contributed by atoms with Crippen molar-refractivity contribution in [3.05, 3.63) is 12.7 Å². The normalized spacial score (nSPS) is 12.2. The van der Waals surface area contributed by atoms with E-state index < -0.39 is 10.8 Å². The van der Waals surface area contributed by atoms with E-state index in [1.807, 2.05) is 0 Å². The van der Waals surface area contributed by atoms with Gasteiger partial charge >= 0.3 is 11.9 Å². The third kappa shape index (κ3) is 4.94. The Balaban J connectivity index is 2.06. The molecule has 26 heavy (non-hydrogen) atoms. The van der Waals surface area contributed by atoms with E-state index in [9.17, 15) is 9.59 Å². The summed E-state index contributed by atoms with van der Waals surface area (Å²) in [6.45, 7) is 10.8. The average molecular weight is 380 g/mol. The molecule has 0 aliphatic carbocycles. The maximum absolute atomic E-state index is 11.9. The number of hydrogen-bond donors (Lipinski definition) is 0. The molecule has 0 bridgehead atoms. The number of rotatable bonds is 5. The third-order valence-corrected chi connectivity index (χ3v) is 4.12. The molecule has 0 atom stereocenters. The van der Waals surface area contributed by atoms with Gasteiger partial charge in [0.1, 0.15) is 22.8 Å². The second-order valence-corrected chi connectivity index (χ2v) is 8.73. The zero-order chi connectivity index (χ0) is 19.5. The van der Waals surface area contributed by atoms with Crippen LogP contribution in [-0.4, -0.2) is 37.4 Å². The van der Waals surface area contributed by atoms with E-state index in [1.165, 1.54) is 18.1 Å². The van der Waals surface area contributed by atoms with Gasteiger partial charge in [-0.1, -0.05) is 11.8 Å². The first kappa shape index (κ1) is 20.2. The van der Waals surface area contributed by atoms with Gasteiger partial charge in [0.15, 0.2) is 12.4 Å². The number of carbonyl (C=O) groups excluding carboxylic acids is 2. The Bertz CT molecular complexity index is 805. The zero-order valence-electron chi connectivity index (χ0n) is 15.9. The number of aromatic nitrogens is 4. The lowest BCUT2D eigenvalue weighted by Crippen LogP contribution is -2.23. The van der Waals surface area contributed by atoms with Crippen LogP contribution in [-0.2, 0) is 25.8 Å². The van der Waals surface area contributed by atoms with Crippen molar-refractivity contribution in [3.63, 3.8) is 0 Å². The van der Waals surface area contributed by atoms with Gasteiger partial charge in [-0.05, 0) is 41.5 Å². The highest BCUT2D eigenvalue weighted by Crippen LogP contribution is 2.25. The van der Waals surface area contributed by atoms with Crippen molar-refractivity contribution in [1.29, 1.82) is 0 Å². The number of imidazole rings is 1. The highest BCUT2D eigenvalue weighted by molar-refractivity contribution is 7.99. The molecule has 2 aromatic rings. The van der Waals surface area contributed by atoms with Gasteiger partial charge in [-0.15, -0.1) is 0 Å². The Morgan fingerprint density at radius 3 is 2.23 bits per heavy atom. The Kier molecular flexibility index (Phi) is 5.90. The summed E-state index contributed by atoms with van der Waals surface area (Å²) < 4.78 is 12.2. The fraction of sp³-hybridized carbons (Fsp3) is 0.588. The Morgan fingerprint density at radius 2 is 1.62 bits per heavy atom. The summed E-state index contributed by atoms with van der Waals surface area (Å²) in [4.78, 5) is 36.4. The fourth-order valence-corrected chi connectivity index (χ4v) is 2.44. The van der Waals surface area contributed by atoms with E-state index in [0.29, 0.717) is 16.2 Å². The summed E-state index contributed by atoms with van der Waals surface area (Å²) >= 11 is 1.26. The Labute approximate surface area is 156 Å². The molecule has 0 saturated heterocycles. The minimum absolute atomic E-state index is 0.0206. The van der Waals surface area contributed by atoms with E-state index in [-0.39, 0.29) is 24.6 Å². The van der Waals surface area contributed by atoms with Gasteiger partial charge in [0.2, 0.25) is 0 Å². The largest absolute Gasteiger partial charge is 0.454 e.